The second kappa shape index (κ2) is 5.99. The lowest BCUT2D eigenvalue weighted by Crippen LogP contribution is -2.62. The Morgan fingerprint density at radius 2 is 1.63 bits per heavy atom. The number of carbonyl (C=O) groups excluding carboxylic acids is 1. The van der Waals surface area contributed by atoms with Crippen LogP contribution in [0.3, 0.4) is 0 Å². The summed E-state index contributed by atoms with van der Waals surface area (Å²) < 4.78 is 1.02. The smallest absolute Gasteiger partial charge is 0.286 e. The summed E-state index contributed by atoms with van der Waals surface area (Å²) in [5.74, 6) is 0. The summed E-state index contributed by atoms with van der Waals surface area (Å²) in [7, 11) is 0. The van der Waals surface area contributed by atoms with E-state index in [1.54, 1.807) is 0 Å². The molecular formula is C25H32BrN3O. The lowest BCUT2D eigenvalue weighted by atomic mass is 9.65. The maximum atomic E-state index is 14.2. The first-order valence-corrected chi connectivity index (χ1v) is 11.9. The molecule has 160 valence electrons. The highest BCUT2D eigenvalue weighted by atomic mass is 79.9. The number of nitrogens with zero attached hydrogens (tertiary/aromatic N) is 3. The van der Waals surface area contributed by atoms with Crippen LogP contribution in [-0.4, -0.2) is 33.8 Å². The van der Waals surface area contributed by atoms with Crippen molar-refractivity contribution in [3.05, 3.63) is 40.5 Å². The van der Waals surface area contributed by atoms with Crippen LogP contribution in [0.15, 0.2) is 45.5 Å². The van der Waals surface area contributed by atoms with Crippen LogP contribution in [0.5, 0.6) is 0 Å². The summed E-state index contributed by atoms with van der Waals surface area (Å²) in [6.45, 7) is 13.4. The highest BCUT2D eigenvalue weighted by Gasteiger charge is 2.76. The number of halogens is 1. The predicted molar refractivity (Wildman–Crippen MR) is 126 cm³/mol. The van der Waals surface area contributed by atoms with Crippen molar-refractivity contribution in [2.24, 2.45) is 15.8 Å². The average Bonchev–Trinajstić information content (AvgIpc) is 3.20. The van der Waals surface area contributed by atoms with Crippen LogP contribution < -0.4 is 4.90 Å². The molecule has 1 aromatic carbocycles. The largest absolute Gasteiger partial charge is 0.330 e. The van der Waals surface area contributed by atoms with Gasteiger partial charge in [0.25, 0.3) is 0 Å². The third kappa shape index (κ3) is 2.39. The minimum atomic E-state index is -0.291. The molecule has 0 bridgehead atoms. The molecule has 4 nitrogen and oxygen atoms in total. The molecule has 1 spiro atoms. The normalized spacial score (nSPS) is 32.9. The molecule has 3 heterocycles. The second-order valence-corrected chi connectivity index (χ2v) is 12.4. The molecule has 1 saturated carbocycles. The van der Waals surface area contributed by atoms with Gasteiger partial charge in [0.2, 0.25) is 0 Å². The summed E-state index contributed by atoms with van der Waals surface area (Å²) in [6, 6.07) is 8.27. The molecule has 30 heavy (non-hydrogen) atoms. The molecular weight excluding hydrogens is 438 g/mol. The van der Waals surface area contributed by atoms with E-state index in [2.05, 4.69) is 85.5 Å². The Balaban J connectivity index is 1.80. The van der Waals surface area contributed by atoms with Crippen LogP contribution in [0.2, 0.25) is 0 Å². The predicted octanol–water partition coefficient (Wildman–Crippen LogP) is 6.56. The monoisotopic (exact) mass is 469 g/mol. The molecule has 4 aliphatic rings. The summed E-state index contributed by atoms with van der Waals surface area (Å²) >= 11 is 3.54. The summed E-state index contributed by atoms with van der Waals surface area (Å²) in [5, 5.41) is 0. The van der Waals surface area contributed by atoms with E-state index >= 15 is 0 Å². The number of rotatable bonds is 1. The number of allylic oxidation sites excluding steroid dienone is 1. The molecule has 0 aromatic heterocycles. The minimum Gasteiger partial charge on any atom is -0.286 e. The number of aliphatic imine (C=N–C) groups is 1. The quantitative estimate of drug-likeness (QED) is 0.458. The highest BCUT2D eigenvalue weighted by Crippen LogP contribution is 2.64. The van der Waals surface area contributed by atoms with E-state index < -0.39 is 0 Å². The molecule has 0 N–H and O–H groups in total. The Hall–Kier alpha value is -1.62. The van der Waals surface area contributed by atoms with Gasteiger partial charge in [0.05, 0.1) is 0 Å². The van der Waals surface area contributed by atoms with Crippen molar-refractivity contribution in [1.29, 1.82) is 0 Å². The third-order valence-corrected chi connectivity index (χ3v) is 7.99. The first-order valence-electron chi connectivity index (χ1n) is 11.1. The molecule has 3 unspecified atom stereocenters. The van der Waals surface area contributed by atoms with Gasteiger partial charge in [-0.25, -0.2) is 4.79 Å². The molecule has 3 aliphatic heterocycles. The van der Waals surface area contributed by atoms with Crippen LogP contribution >= 0.6 is 15.9 Å². The first kappa shape index (κ1) is 20.3. The van der Waals surface area contributed by atoms with E-state index in [0.29, 0.717) is 0 Å². The highest BCUT2D eigenvalue weighted by molar-refractivity contribution is 9.10. The van der Waals surface area contributed by atoms with Gasteiger partial charge in [0.1, 0.15) is 17.1 Å². The number of urea groups is 1. The molecule has 1 aromatic rings. The van der Waals surface area contributed by atoms with E-state index in [1.165, 1.54) is 12.1 Å². The lowest BCUT2D eigenvalue weighted by molar-refractivity contribution is 0.102. The molecule has 5 heteroatoms. The molecule has 0 radical (unpaired) electrons. The Kier molecular flexibility index (Phi) is 4.05. The first-order chi connectivity index (χ1) is 13.9. The van der Waals surface area contributed by atoms with Gasteiger partial charge in [-0.1, -0.05) is 70.3 Å². The van der Waals surface area contributed by atoms with Crippen molar-refractivity contribution in [2.75, 3.05) is 4.90 Å². The topological polar surface area (TPSA) is 35.9 Å². The Morgan fingerprint density at radius 1 is 1.00 bits per heavy atom. The zero-order valence-electron chi connectivity index (χ0n) is 18.9. The maximum absolute atomic E-state index is 14.2. The van der Waals surface area contributed by atoms with Gasteiger partial charge in [0, 0.05) is 32.4 Å². The van der Waals surface area contributed by atoms with Crippen LogP contribution in [0.1, 0.15) is 67.2 Å². The Labute approximate surface area is 188 Å². The standard InChI is InChI=1S/C25H32BrN3O/c1-22(2,3)18-15-24-13-7-8-14-25(24)20(19(27-24)23(4,5)6)28(21(30)29(18)25)17-11-9-16(26)10-12-17/h9-12,15,20H,7-8,13-14H2,1-6H3. The molecule has 3 atom stereocenters. The van der Waals surface area contributed by atoms with E-state index in [1.807, 2.05) is 12.1 Å². The molecule has 5 rings (SSSR count). The van der Waals surface area contributed by atoms with Crippen molar-refractivity contribution >= 4 is 33.4 Å². The number of hydrogen-bond acceptors (Lipinski definition) is 2. The third-order valence-electron chi connectivity index (χ3n) is 7.46. The fourth-order valence-corrected chi connectivity index (χ4v) is 6.50. The van der Waals surface area contributed by atoms with Crippen molar-refractivity contribution in [1.82, 2.24) is 4.90 Å². The van der Waals surface area contributed by atoms with E-state index in [0.717, 1.165) is 35.1 Å². The summed E-state index contributed by atoms with van der Waals surface area (Å²) in [6.07, 6.45) is 6.74. The lowest BCUT2D eigenvalue weighted by Gasteiger charge is -2.46. The maximum Gasteiger partial charge on any atom is 0.330 e. The van der Waals surface area contributed by atoms with Crippen molar-refractivity contribution in [2.45, 2.75) is 84.3 Å². The van der Waals surface area contributed by atoms with E-state index in [9.17, 15) is 4.79 Å². The SMILES string of the molecule is CC(C)(C)C1=CC23CCCCC24C(C(C(C)(C)C)=N3)N(c2ccc(Br)cc2)C(=O)N14. The number of anilines is 1. The molecule has 1 saturated heterocycles. The van der Waals surface area contributed by atoms with Gasteiger partial charge in [-0.05, 0) is 43.2 Å². The number of amides is 2. The van der Waals surface area contributed by atoms with Crippen LogP contribution in [0, 0.1) is 10.8 Å². The average molecular weight is 470 g/mol. The van der Waals surface area contributed by atoms with Crippen LogP contribution in [-0.2, 0) is 0 Å². The van der Waals surface area contributed by atoms with Crippen molar-refractivity contribution < 1.29 is 4.79 Å². The number of benzene rings is 1. The number of hydrogen-bond donors (Lipinski definition) is 0. The fourth-order valence-electron chi connectivity index (χ4n) is 6.23. The summed E-state index contributed by atoms with van der Waals surface area (Å²) in [4.78, 5) is 24.0. The van der Waals surface area contributed by atoms with Gasteiger partial charge in [-0.3, -0.25) is 14.8 Å². The molecule has 1 aliphatic carbocycles. The minimum absolute atomic E-state index is 0.0254. The molecule has 2 amide bonds. The Bertz CT molecular complexity index is 981. The van der Waals surface area contributed by atoms with Gasteiger partial charge < -0.3 is 0 Å². The van der Waals surface area contributed by atoms with Gasteiger partial charge in [0.15, 0.2) is 0 Å². The van der Waals surface area contributed by atoms with Crippen LogP contribution in [0.25, 0.3) is 0 Å². The zero-order valence-corrected chi connectivity index (χ0v) is 20.5. The van der Waals surface area contributed by atoms with Crippen molar-refractivity contribution in [3.63, 3.8) is 0 Å². The van der Waals surface area contributed by atoms with Gasteiger partial charge in [-0.15, -0.1) is 0 Å². The number of carbonyl (C=O) groups is 1. The second-order valence-electron chi connectivity index (χ2n) is 11.4. The van der Waals surface area contributed by atoms with Crippen LogP contribution in [0.4, 0.5) is 10.5 Å². The fraction of sp³-hybridized carbons (Fsp3) is 0.600. The van der Waals surface area contributed by atoms with E-state index in [4.69, 9.17) is 4.99 Å². The molecule has 2 fully saturated rings. The summed E-state index contributed by atoms with van der Waals surface area (Å²) in [5.41, 5.74) is 2.49. The Morgan fingerprint density at radius 3 is 2.23 bits per heavy atom. The van der Waals surface area contributed by atoms with Gasteiger partial charge >= 0.3 is 6.03 Å². The van der Waals surface area contributed by atoms with Gasteiger partial charge in [-0.2, -0.15) is 0 Å². The van der Waals surface area contributed by atoms with E-state index in [-0.39, 0.29) is 34.0 Å². The van der Waals surface area contributed by atoms with Crippen molar-refractivity contribution in [3.8, 4) is 0 Å². The zero-order chi connectivity index (χ0) is 21.7.